The standard InChI is InChI=1S/C9H9Cl.H3N/c10-8-4-7-9-5-2-1-3-6-9;/h1-7H,8H2;1H3. The maximum Gasteiger partial charge on any atom is 0.0407 e. The first-order chi connectivity index (χ1) is 4.93. The van der Waals surface area contributed by atoms with Crippen molar-refractivity contribution in [3.05, 3.63) is 42.0 Å². The lowest BCUT2D eigenvalue weighted by atomic mass is 10.2. The SMILES string of the molecule is ClCC=Cc1ccccc1.N. The van der Waals surface area contributed by atoms with Gasteiger partial charge in [-0.15, -0.1) is 11.6 Å². The van der Waals surface area contributed by atoms with Crippen LogP contribution in [0.2, 0.25) is 0 Å². The van der Waals surface area contributed by atoms with Crippen LogP contribution in [0.3, 0.4) is 0 Å². The smallest absolute Gasteiger partial charge is 0.0407 e. The van der Waals surface area contributed by atoms with Crippen LogP contribution in [0.5, 0.6) is 0 Å². The Morgan fingerprint density at radius 2 is 1.82 bits per heavy atom. The second-order valence-electron chi connectivity index (χ2n) is 1.97. The van der Waals surface area contributed by atoms with Crippen LogP contribution in [-0.4, -0.2) is 5.88 Å². The zero-order valence-corrected chi connectivity index (χ0v) is 7.09. The Balaban J connectivity index is 0.000001000. The summed E-state index contributed by atoms with van der Waals surface area (Å²) in [5, 5.41) is 0. The van der Waals surface area contributed by atoms with Crippen LogP contribution in [0.4, 0.5) is 0 Å². The van der Waals surface area contributed by atoms with Crippen molar-refractivity contribution in [3.63, 3.8) is 0 Å². The Hall–Kier alpha value is -0.790. The summed E-state index contributed by atoms with van der Waals surface area (Å²) >= 11 is 5.46. The number of rotatable bonds is 2. The predicted octanol–water partition coefficient (Wildman–Crippen LogP) is 3.10. The van der Waals surface area contributed by atoms with E-state index in [-0.39, 0.29) is 6.15 Å². The first-order valence-corrected chi connectivity index (χ1v) is 3.74. The highest BCUT2D eigenvalue weighted by atomic mass is 35.5. The highest BCUT2D eigenvalue weighted by Gasteiger charge is 1.79. The van der Waals surface area contributed by atoms with E-state index in [9.17, 15) is 0 Å². The molecular weight excluding hydrogens is 158 g/mol. The van der Waals surface area contributed by atoms with Gasteiger partial charge in [-0.25, -0.2) is 0 Å². The number of benzene rings is 1. The van der Waals surface area contributed by atoms with E-state index in [4.69, 9.17) is 11.6 Å². The van der Waals surface area contributed by atoms with Gasteiger partial charge in [0.1, 0.15) is 0 Å². The topological polar surface area (TPSA) is 35.0 Å². The summed E-state index contributed by atoms with van der Waals surface area (Å²) in [5.41, 5.74) is 1.20. The molecule has 0 heterocycles. The van der Waals surface area contributed by atoms with Crippen LogP contribution in [0, 0.1) is 0 Å². The van der Waals surface area contributed by atoms with Crippen LogP contribution in [0.15, 0.2) is 36.4 Å². The molecule has 0 unspecified atom stereocenters. The highest BCUT2D eigenvalue weighted by Crippen LogP contribution is 2.00. The van der Waals surface area contributed by atoms with Gasteiger partial charge in [0.05, 0.1) is 0 Å². The fourth-order valence-corrected chi connectivity index (χ4v) is 0.834. The Kier molecular flexibility index (Phi) is 5.53. The zero-order valence-electron chi connectivity index (χ0n) is 6.33. The van der Waals surface area contributed by atoms with Crippen molar-refractivity contribution in [1.29, 1.82) is 0 Å². The molecule has 0 saturated carbocycles. The molecular formula is C9H12ClN. The monoisotopic (exact) mass is 169 g/mol. The van der Waals surface area contributed by atoms with Crippen LogP contribution in [0.25, 0.3) is 6.08 Å². The van der Waals surface area contributed by atoms with Crippen molar-refractivity contribution < 1.29 is 0 Å². The molecule has 0 bridgehead atoms. The molecule has 0 aliphatic rings. The summed E-state index contributed by atoms with van der Waals surface area (Å²) in [7, 11) is 0. The molecule has 1 aromatic carbocycles. The van der Waals surface area contributed by atoms with Gasteiger partial charge >= 0.3 is 0 Å². The van der Waals surface area contributed by atoms with Gasteiger partial charge in [0.25, 0.3) is 0 Å². The van der Waals surface area contributed by atoms with Gasteiger partial charge in [-0.2, -0.15) is 0 Å². The zero-order chi connectivity index (χ0) is 7.23. The van der Waals surface area contributed by atoms with Crippen molar-refractivity contribution in [3.8, 4) is 0 Å². The number of halogens is 1. The highest BCUT2D eigenvalue weighted by molar-refractivity contribution is 6.19. The van der Waals surface area contributed by atoms with Gasteiger partial charge < -0.3 is 6.15 Å². The van der Waals surface area contributed by atoms with E-state index in [1.165, 1.54) is 5.56 Å². The maximum atomic E-state index is 5.46. The molecule has 1 nitrogen and oxygen atoms in total. The lowest BCUT2D eigenvalue weighted by Gasteiger charge is -1.87. The van der Waals surface area contributed by atoms with Crippen molar-refractivity contribution in [2.45, 2.75) is 0 Å². The third kappa shape index (κ3) is 3.81. The average molecular weight is 170 g/mol. The van der Waals surface area contributed by atoms with Crippen LogP contribution >= 0.6 is 11.6 Å². The molecule has 1 rings (SSSR count). The number of hydrogen-bond donors (Lipinski definition) is 1. The molecule has 0 aromatic heterocycles. The summed E-state index contributed by atoms with van der Waals surface area (Å²) in [4.78, 5) is 0. The Labute approximate surface area is 72.3 Å². The molecule has 3 N–H and O–H groups in total. The third-order valence-electron chi connectivity index (χ3n) is 1.20. The summed E-state index contributed by atoms with van der Waals surface area (Å²) in [5.74, 6) is 0.578. The van der Waals surface area contributed by atoms with Gasteiger partial charge in [0.2, 0.25) is 0 Å². The van der Waals surface area contributed by atoms with Gasteiger partial charge in [-0.3, -0.25) is 0 Å². The normalized spacial score (nSPS) is 9.55. The Bertz CT molecular complexity index is 206. The second kappa shape index (κ2) is 5.96. The predicted molar refractivity (Wildman–Crippen MR) is 51.2 cm³/mol. The fraction of sp³-hybridized carbons (Fsp3) is 0.111. The van der Waals surface area contributed by atoms with E-state index >= 15 is 0 Å². The van der Waals surface area contributed by atoms with E-state index in [1.807, 2.05) is 42.5 Å². The third-order valence-corrected chi connectivity index (χ3v) is 1.38. The molecule has 0 radical (unpaired) electrons. The molecule has 0 amide bonds. The Morgan fingerprint density at radius 1 is 1.18 bits per heavy atom. The minimum Gasteiger partial charge on any atom is -0.344 e. The minimum absolute atomic E-state index is 0. The molecule has 0 saturated heterocycles. The molecule has 1 aromatic rings. The van der Waals surface area contributed by atoms with E-state index < -0.39 is 0 Å². The van der Waals surface area contributed by atoms with Crippen molar-refractivity contribution >= 4 is 17.7 Å². The molecule has 0 aliphatic heterocycles. The first-order valence-electron chi connectivity index (χ1n) is 3.21. The largest absolute Gasteiger partial charge is 0.344 e. The van der Waals surface area contributed by atoms with E-state index in [0.717, 1.165) is 0 Å². The summed E-state index contributed by atoms with van der Waals surface area (Å²) < 4.78 is 0. The number of hydrogen-bond acceptors (Lipinski definition) is 1. The number of allylic oxidation sites excluding steroid dienone is 1. The van der Waals surface area contributed by atoms with E-state index in [0.29, 0.717) is 5.88 Å². The molecule has 11 heavy (non-hydrogen) atoms. The molecule has 2 heteroatoms. The lowest BCUT2D eigenvalue weighted by molar-refractivity contribution is 1.65. The molecule has 60 valence electrons. The van der Waals surface area contributed by atoms with Crippen LogP contribution in [-0.2, 0) is 0 Å². The fourth-order valence-electron chi connectivity index (χ4n) is 0.745. The number of alkyl halides is 1. The van der Waals surface area contributed by atoms with Gasteiger partial charge in [-0.05, 0) is 5.56 Å². The van der Waals surface area contributed by atoms with E-state index in [1.54, 1.807) is 0 Å². The lowest BCUT2D eigenvalue weighted by Crippen LogP contribution is -1.67. The summed E-state index contributed by atoms with van der Waals surface area (Å²) in [6.45, 7) is 0. The van der Waals surface area contributed by atoms with Crippen molar-refractivity contribution in [1.82, 2.24) is 6.15 Å². The van der Waals surface area contributed by atoms with Gasteiger partial charge in [0.15, 0.2) is 0 Å². The van der Waals surface area contributed by atoms with E-state index in [2.05, 4.69) is 0 Å². The molecule has 0 aliphatic carbocycles. The van der Waals surface area contributed by atoms with Gasteiger partial charge in [-0.1, -0.05) is 42.5 Å². The maximum absolute atomic E-state index is 5.46. The van der Waals surface area contributed by atoms with Crippen LogP contribution < -0.4 is 6.15 Å². The van der Waals surface area contributed by atoms with Crippen molar-refractivity contribution in [2.24, 2.45) is 0 Å². The average Bonchev–Trinajstić information content (AvgIpc) is 2.03. The summed E-state index contributed by atoms with van der Waals surface area (Å²) in [6, 6.07) is 10.1. The second-order valence-corrected chi connectivity index (χ2v) is 2.28. The first kappa shape index (κ1) is 10.2. The van der Waals surface area contributed by atoms with Crippen molar-refractivity contribution in [2.75, 3.05) is 5.88 Å². The molecule has 0 atom stereocenters. The van der Waals surface area contributed by atoms with Gasteiger partial charge in [0, 0.05) is 5.88 Å². The quantitative estimate of drug-likeness (QED) is 0.679. The summed E-state index contributed by atoms with van der Waals surface area (Å²) in [6.07, 6.45) is 3.93. The molecule has 0 fully saturated rings. The minimum atomic E-state index is 0. The molecule has 0 spiro atoms. The Morgan fingerprint density at radius 3 is 2.36 bits per heavy atom. The van der Waals surface area contributed by atoms with Crippen LogP contribution in [0.1, 0.15) is 5.56 Å².